The van der Waals surface area contributed by atoms with Gasteiger partial charge in [-0.05, 0) is 50.6 Å². The number of benzene rings is 1. The van der Waals surface area contributed by atoms with Crippen molar-refractivity contribution in [2.24, 2.45) is 0 Å². The molecule has 1 aromatic carbocycles. The summed E-state index contributed by atoms with van der Waals surface area (Å²) in [6.45, 7) is 6.70. The van der Waals surface area contributed by atoms with Crippen molar-refractivity contribution in [3.63, 3.8) is 0 Å². The standard InChI is InChI=1S/C23H25F3N4O3/c1-5-29(14-16-7-9-19(33-6-2)20(11-16)32-4)22(31)18-13-28-30(15(18)3)21-10-8-17(12-27-21)23(24,25)26/h7-13H,5-6,14H2,1-4H3. The first-order valence-electron chi connectivity index (χ1n) is 10.4. The molecule has 0 saturated heterocycles. The van der Waals surface area contributed by atoms with E-state index in [1.54, 1.807) is 25.0 Å². The molecule has 2 aromatic heterocycles. The maximum Gasteiger partial charge on any atom is 0.417 e. The van der Waals surface area contributed by atoms with Crippen LogP contribution in [0.15, 0.2) is 42.7 Å². The third-order valence-electron chi connectivity index (χ3n) is 5.10. The number of nitrogens with zero attached hydrogens (tertiary/aromatic N) is 4. The fraction of sp³-hybridized carbons (Fsp3) is 0.348. The maximum absolute atomic E-state index is 13.2. The van der Waals surface area contributed by atoms with Crippen LogP contribution < -0.4 is 9.47 Å². The van der Waals surface area contributed by atoms with Crippen molar-refractivity contribution in [1.29, 1.82) is 0 Å². The van der Waals surface area contributed by atoms with E-state index in [1.165, 1.54) is 16.9 Å². The molecule has 3 rings (SSSR count). The van der Waals surface area contributed by atoms with E-state index in [0.717, 1.165) is 17.8 Å². The minimum Gasteiger partial charge on any atom is -0.493 e. The number of rotatable bonds is 8. The number of hydrogen-bond donors (Lipinski definition) is 0. The van der Waals surface area contributed by atoms with Crippen LogP contribution in [0.1, 0.15) is 41.0 Å². The molecule has 2 heterocycles. The predicted octanol–water partition coefficient (Wildman–Crippen LogP) is 4.66. The van der Waals surface area contributed by atoms with Gasteiger partial charge in [0, 0.05) is 19.3 Å². The lowest BCUT2D eigenvalue weighted by Crippen LogP contribution is -2.30. The van der Waals surface area contributed by atoms with Crippen LogP contribution >= 0.6 is 0 Å². The molecule has 7 nitrogen and oxygen atoms in total. The van der Waals surface area contributed by atoms with Crippen molar-refractivity contribution >= 4 is 5.91 Å². The minimum atomic E-state index is -4.48. The maximum atomic E-state index is 13.2. The fourth-order valence-corrected chi connectivity index (χ4v) is 3.33. The molecule has 0 atom stereocenters. The van der Waals surface area contributed by atoms with E-state index < -0.39 is 11.7 Å². The smallest absolute Gasteiger partial charge is 0.417 e. The van der Waals surface area contributed by atoms with Crippen molar-refractivity contribution < 1.29 is 27.4 Å². The molecule has 33 heavy (non-hydrogen) atoms. The van der Waals surface area contributed by atoms with Crippen molar-refractivity contribution in [1.82, 2.24) is 19.7 Å². The van der Waals surface area contributed by atoms with E-state index in [4.69, 9.17) is 9.47 Å². The number of amides is 1. The Hall–Kier alpha value is -3.56. The van der Waals surface area contributed by atoms with Gasteiger partial charge in [-0.3, -0.25) is 4.79 Å². The average Bonchev–Trinajstić information content (AvgIpc) is 3.18. The molecule has 0 unspecified atom stereocenters. The van der Waals surface area contributed by atoms with Crippen LogP contribution in [-0.4, -0.2) is 45.8 Å². The first-order valence-corrected chi connectivity index (χ1v) is 10.4. The largest absolute Gasteiger partial charge is 0.493 e. The number of carbonyl (C=O) groups is 1. The highest BCUT2D eigenvalue weighted by molar-refractivity contribution is 5.95. The number of ether oxygens (including phenoxy) is 2. The van der Waals surface area contributed by atoms with Gasteiger partial charge in [0.25, 0.3) is 5.91 Å². The van der Waals surface area contributed by atoms with Crippen LogP contribution in [-0.2, 0) is 12.7 Å². The molecular weight excluding hydrogens is 437 g/mol. The molecule has 0 fully saturated rings. The number of methoxy groups -OCH3 is 1. The Morgan fingerprint density at radius 2 is 1.88 bits per heavy atom. The van der Waals surface area contributed by atoms with Gasteiger partial charge in [-0.1, -0.05) is 6.07 Å². The van der Waals surface area contributed by atoms with Crippen LogP contribution in [0.3, 0.4) is 0 Å². The van der Waals surface area contributed by atoms with Gasteiger partial charge >= 0.3 is 6.18 Å². The van der Waals surface area contributed by atoms with Gasteiger partial charge in [0.15, 0.2) is 17.3 Å². The van der Waals surface area contributed by atoms with E-state index in [2.05, 4.69) is 10.1 Å². The van der Waals surface area contributed by atoms with Crippen LogP contribution in [0.4, 0.5) is 13.2 Å². The number of hydrogen-bond acceptors (Lipinski definition) is 5. The molecule has 0 aliphatic carbocycles. The summed E-state index contributed by atoms with van der Waals surface area (Å²) in [7, 11) is 1.55. The summed E-state index contributed by atoms with van der Waals surface area (Å²) >= 11 is 0. The molecule has 0 N–H and O–H groups in total. The number of alkyl halides is 3. The fourth-order valence-electron chi connectivity index (χ4n) is 3.33. The molecule has 0 saturated carbocycles. The highest BCUT2D eigenvalue weighted by atomic mass is 19.4. The van der Waals surface area contributed by atoms with E-state index in [1.807, 2.05) is 26.0 Å². The zero-order valence-electron chi connectivity index (χ0n) is 18.8. The number of carbonyl (C=O) groups excluding carboxylic acids is 1. The predicted molar refractivity (Wildman–Crippen MR) is 116 cm³/mol. The van der Waals surface area contributed by atoms with Gasteiger partial charge in [0.2, 0.25) is 0 Å². The molecule has 3 aromatic rings. The third kappa shape index (κ3) is 5.27. The van der Waals surface area contributed by atoms with Gasteiger partial charge in [-0.25, -0.2) is 9.67 Å². The third-order valence-corrected chi connectivity index (χ3v) is 5.10. The van der Waals surface area contributed by atoms with Crippen molar-refractivity contribution in [2.45, 2.75) is 33.5 Å². The first-order chi connectivity index (χ1) is 15.7. The lowest BCUT2D eigenvalue weighted by molar-refractivity contribution is -0.137. The van der Waals surface area contributed by atoms with Gasteiger partial charge in [-0.15, -0.1) is 0 Å². The zero-order valence-corrected chi connectivity index (χ0v) is 18.8. The number of pyridine rings is 1. The van der Waals surface area contributed by atoms with Gasteiger partial charge < -0.3 is 14.4 Å². The molecule has 10 heteroatoms. The van der Waals surface area contributed by atoms with E-state index in [0.29, 0.717) is 42.5 Å². The summed E-state index contributed by atoms with van der Waals surface area (Å²) in [4.78, 5) is 18.7. The van der Waals surface area contributed by atoms with E-state index in [9.17, 15) is 18.0 Å². The Kier molecular flexibility index (Phi) is 7.25. The summed E-state index contributed by atoms with van der Waals surface area (Å²) in [6.07, 6.45) is -2.33. The van der Waals surface area contributed by atoms with Crippen molar-refractivity contribution in [2.75, 3.05) is 20.3 Å². The normalized spacial score (nSPS) is 11.4. The molecule has 0 bridgehead atoms. The van der Waals surface area contributed by atoms with E-state index >= 15 is 0 Å². The molecular formula is C23H25F3N4O3. The van der Waals surface area contributed by atoms with Crippen LogP contribution in [0.25, 0.3) is 5.82 Å². The Morgan fingerprint density at radius 3 is 2.45 bits per heavy atom. The highest BCUT2D eigenvalue weighted by Crippen LogP contribution is 2.30. The quantitative estimate of drug-likeness (QED) is 0.487. The minimum absolute atomic E-state index is 0.193. The summed E-state index contributed by atoms with van der Waals surface area (Å²) in [6, 6.07) is 7.65. The monoisotopic (exact) mass is 462 g/mol. The van der Waals surface area contributed by atoms with Crippen LogP contribution in [0, 0.1) is 6.92 Å². The molecule has 0 aliphatic rings. The Labute approximate surface area is 189 Å². The second-order valence-electron chi connectivity index (χ2n) is 7.20. The summed E-state index contributed by atoms with van der Waals surface area (Å²) in [5.41, 5.74) is 0.835. The Balaban J connectivity index is 1.82. The highest BCUT2D eigenvalue weighted by Gasteiger charge is 2.31. The van der Waals surface area contributed by atoms with Gasteiger partial charge in [0.05, 0.1) is 36.7 Å². The zero-order chi connectivity index (χ0) is 24.2. The molecule has 0 spiro atoms. The second-order valence-corrected chi connectivity index (χ2v) is 7.20. The van der Waals surface area contributed by atoms with Gasteiger partial charge in [0.1, 0.15) is 0 Å². The first kappa shape index (κ1) is 24.1. The lowest BCUT2D eigenvalue weighted by atomic mass is 10.1. The average molecular weight is 462 g/mol. The second kappa shape index (κ2) is 9.93. The Bertz CT molecular complexity index is 1110. The van der Waals surface area contributed by atoms with Crippen molar-refractivity contribution in [3.05, 3.63) is 65.1 Å². The summed E-state index contributed by atoms with van der Waals surface area (Å²) < 4.78 is 50.7. The molecule has 176 valence electrons. The van der Waals surface area contributed by atoms with Gasteiger partial charge in [-0.2, -0.15) is 18.3 Å². The van der Waals surface area contributed by atoms with Crippen molar-refractivity contribution in [3.8, 4) is 17.3 Å². The number of halogens is 3. The van der Waals surface area contributed by atoms with E-state index in [-0.39, 0.29) is 11.7 Å². The lowest BCUT2D eigenvalue weighted by Gasteiger charge is -2.21. The molecule has 0 radical (unpaired) electrons. The topological polar surface area (TPSA) is 69.5 Å². The molecule has 1 amide bonds. The van der Waals surface area contributed by atoms with Crippen LogP contribution in [0.5, 0.6) is 11.5 Å². The number of aromatic nitrogens is 3. The Morgan fingerprint density at radius 1 is 1.12 bits per heavy atom. The summed E-state index contributed by atoms with van der Waals surface area (Å²) in [5.74, 6) is 1.15. The SMILES string of the molecule is CCOc1ccc(CN(CC)C(=O)c2cnn(-c3ccc(C(F)(F)F)cn3)c2C)cc1OC. The molecule has 0 aliphatic heterocycles. The summed E-state index contributed by atoms with van der Waals surface area (Å²) in [5, 5.41) is 4.17. The van der Waals surface area contributed by atoms with Crippen LogP contribution in [0.2, 0.25) is 0 Å².